The molecule has 2 N–H and O–H groups in total. The molecule has 0 aromatic heterocycles. The van der Waals surface area contributed by atoms with Crippen LogP contribution in [-0.2, 0) is 14.3 Å². The number of fused-ring (bicyclic) bond motifs is 3. The van der Waals surface area contributed by atoms with E-state index < -0.39 is 17.5 Å². The third-order valence-corrected chi connectivity index (χ3v) is 6.76. The third-order valence-electron chi connectivity index (χ3n) is 6.76. The number of amides is 2. The molecule has 1 aliphatic heterocycles. The van der Waals surface area contributed by atoms with Crippen molar-refractivity contribution in [1.29, 1.82) is 0 Å². The minimum Gasteiger partial charge on any atom is -0.481 e. The molecule has 2 aromatic rings. The summed E-state index contributed by atoms with van der Waals surface area (Å²) in [7, 11) is 0. The van der Waals surface area contributed by atoms with Crippen LogP contribution in [0, 0.1) is 5.41 Å². The van der Waals surface area contributed by atoms with Crippen LogP contribution in [0.25, 0.3) is 11.1 Å². The lowest BCUT2D eigenvalue weighted by Crippen LogP contribution is -2.36. The highest BCUT2D eigenvalue weighted by molar-refractivity contribution is 5.89. The molecular formula is C26H28N2O5. The fourth-order valence-corrected chi connectivity index (χ4v) is 4.73. The van der Waals surface area contributed by atoms with Gasteiger partial charge >= 0.3 is 12.1 Å². The number of carbonyl (C=O) groups excluding carboxylic acids is 2. The number of carboxylic acid groups (broad SMARTS) is 1. The van der Waals surface area contributed by atoms with Crippen molar-refractivity contribution in [3.05, 3.63) is 71.8 Å². The van der Waals surface area contributed by atoms with Crippen molar-refractivity contribution >= 4 is 18.0 Å². The van der Waals surface area contributed by atoms with E-state index in [-0.39, 0.29) is 31.5 Å². The quantitative estimate of drug-likeness (QED) is 0.629. The van der Waals surface area contributed by atoms with E-state index in [9.17, 15) is 19.5 Å². The Morgan fingerprint density at radius 2 is 1.76 bits per heavy atom. The zero-order chi connectivity index (χ0) is 23.4. The maximum Gasteiger partial charge on any atom is 0.407 e. The first kappa shape index (κ1) is 22.6. The second kappa shape index (κ2) is 9.48. The van der Waals surface area contributed by atoms with Gasteiger partial charge in [0.2, 0.25) is 5.91 Å². The van der Waals surface area contributed by atoms with E-state index in [4.69, 9.17) is 4.74 Å². The van der Waals surface area contributed by atoms with Gasteiger partial charge in [0.15, 0.2) is 0 Å². The van der Waals surface area contributed by atoms with Crippen LogP contribution in [0.1, 0.15) is 36.8 Å². The van der Waals surface area contributed by atoms with Crippen molar-refractivity contribution in [3.8, 4) is 11.1 Å². The van der Waals surface area contributed by atoms with Crippen molar-refractivity contribution in [1.82, 2.24) is 10.2 Å². The smallest absolute Gasteiger partial charge is 0.407 e. The molecule has 0 saturated carbocycles. The Balaban J connectivity index is 1.26. The molecule has 1 unspecified atom stereocenters. The third kappa shape index (κ3) is 4.49. The minimum absolute atomic E-state index is 0.0106. The Morgan fingerprint density at radius 3 is 2.33 bits per heavy atom. The van der Waals surface area contributed by atoms with Gasteiger partial charge in [0.25, 0.3) is 0 Å². The molecule has 7 heteroatoms. The number of hydrogen-bond acceptors (Lipinski definition) is 4. The van der Waals surface area contributed by atoms with Crippen molar-refractivity contribution in [2.45, 2.75) is 25.7 Å². The number of rotatable bonds is 7. The van der Waals surface area contributed by atoms with Crippen molar-refractivity contribution in [3.63, 3.8) is 0 Å². The first-order valence-corrected chi connectivity index (χ1v) is 11.2. The van der Waals surface area contributed by atoms with Crippen LogP contribution in [0.5, 0.6) is 0 Å². The Hall–Kier alpha value is -3.61. The molecule has 1 heterocycles. The Morgan fingerprint density at radius 1 is 1.12 bits per heavy atom. The number of nitrogens with one attached hydrogen (secondary N) is 1. The van der Waals surface area contributed by atoms with Crippen LogP contribution in [0.2, 0.25) is 0 Å². The maximum absolute atomic E-state index is 12.4. The molecule has 7 nitrogen and oxygen atoms in total. The zero-order valence-electron chi connectivity index (χ0n) is 18.6. The van der Waals surface area contributed by atoms with E-state index in [1.807, 2.05) is 31.2 Å². The second-order valence-corrected chi connectivity index (χ2v) is 8.56. The molecule has 2 aromatic carbocycles. The molecule has 1 fully saturated rings. The van der Waals surface area contributed by atoms with Gasteiger partial charge in [0, 0.05) is 31.6 Å². The number of ether oxygens (including phenoxy) is 1. The molecule has 172 valence electrons. The van der Waals surface area contributed by atoms with Crippen LogP contribution in [-0.4, -0.2) is 54.2 Å². The van der Waals surface area contributed by atoms with Crippen LogP contribution in [0.3, 0.4) is 0 Å². The molecule has 33 heavy (non-hydrogen) atoms. The first-order valence-electron chi connectivity index (χ1n) is 11.2. The molecule has 1 atom stereocenters. The summed E-state index contributed by atoms with van der Waals surface area (Å²) in [6.45, 7) is 2.83. The molecule has 2 amide bonds. The first-order chi connectivity index (χ1) is 15.9. The summed E-state index contributed by atoms with van der Waals surface area (Å²) < 4.78 is 5.47. The monoisotopic (exact) mass is 448 g/mol. The van der Waals surface area contributed by atoms with E-state index in [2.05, 4.69) is 29.6 Å². The van der Waals surface area contributed by atoms with Crippen molar-refractivity contribution < 1.29 is 24.2 Å². The number of likely N-dealkylation sites (tertiary alicyclic amines) is 1. The number of nitrogens with zero attached hydrogens (tertiary/aromatic N) is 1. The molecule has 2 aliphatic rings. The van der Waals surface area contributed by atoms with E-state index in [0.717, 1.165) is 11.1 Å². The van der Waals surface area contributed by atoms with Crippen molar-refractivity contribution in [2.24, 2.45) is 5.41 Å². The van der Waals surface area contributed by atoms with Gasteiger partial charge in [-0.05, 0) is 35.1 Å². The van der Waals surface area contributed by atoms with Crippen LogP contribution in [0.15, 0.2) is 60.7 Å². The number of carboxylic acids is 1. The zero-order valence-corrected chi connectivity index (χ0v) is 18.6. The summed E-state index contributed by atoms with van der Waals surface area (Å²) >= 11 is 0. The summed E-state index contributed by atoms with van der Waals surface area (Å²) in [6.07, 6.45) is 3.31. The van der Waals surface area contributed by atoms with Gasteiger partial charge in [0.1, 0.15) is 6.61 Å². The lowest BCUT2D eigenvalue weighted by molar-refractivity contribution is -0.148. The fraction of sp³-hybridized carbons (Fsp3) is 0.346. The minimum atomic E-state index is -0.860. The summed E-state index contributed by atoms with van der Waals surface area (Å²) in [5, 5.41) is 12.1. The maximum atomic E-state index is 12.4. The van der Waals surface area contributed by atoms with E-state index in [1.54, 1.807) is 11.0 Å². The van der Waals surface area contributed by atoms with Gasteiger partial charge in [-0.25, -0.2) is 4.79 Å². The molecule has 1 saturated heterocycles. The number of benzene rings is 2. The largest absolute Gasteiger partial charge is 0.481 e. The van der Waals surface area contributed by atoms with Gasteiger partial charge < -0.3 is 20.1 Å². The molecule has 0 radical (unpaired) electrons. The average molecular weight is 449 g/mol. The van der Waals surface area contributed by atoms with E-state index in [0.29, 0.717) is 19.4 Å². The highest BCUT2D eigenvalue weighted by atomic mass is 16.5. The summed E-state index contributed by atoms with van der Waals surface area (Å²) in [5.41, 5.74) is 3.77. The van der Waals surface area contributed by atoms with Crippen LogP contribution >= 0.6 is 0 Å². The Kier molecular flexibility index (Phi) is 6.49. The lowest BCUT2D eigenvalue weighted by Gasteiger charge is -2.22. The van der Waals surface area contributed by atoms with Crippen molar-refractivity contribution in [2.75, 3.05) is 26.2 Å². The Labute approximate surface area is 193 Å². The summed E-state index contributed by atoms with van der Waals surface area (Å²) in [4.78, 5) is 37.6. The SMILES string of the molecule is CCC1(C(=O)O)CCN(C(=O)/C=C/CNC(=O)OCC2c3ccccc3-c3ccccc32)C1. The standard InChI is InChI=1S/C26H28N2O5/c1-2-26(24(30)31)13-15-28(17-26)23(29)12-7-14-27-25(32)33-16-22-20-10-5-3-8-18(20)19-9-4-6-11-21(19)22/h3-12,22H,2,13-17H2,1H3,(H,27,32)(H,30,31)/b12-7+. The predicted molar refractivity (Wildman–Crippen MR) is 124 cm³/mol. The highest BCUT2D eigenvalue weighted by Gasteiger charge is 2.44. The Bertz CT molecular complexity index is 1050. The van der Waals surface area contributed by atoms with E-state index >= 15 is 0 Å². The number of hydrogen-bond donors (Lipinski definition) is 2. The van der Waals surface area contributed by atoms with E-state index in [1.165, 1.54) is 17.2 Å². The van der Waals surface area contributed by atoms with Gasteiger partial charge in [-0.15, -0.1) is 0 Å². The van der Waals surface area contributed by atoms with Gasteiger partial charge in [-0.1, -0.05) is 61.5 Å². The molecule has 0 spiro atoms. The van der Waals surface area contributed by atoms with Gasteiger partial charge in [-0.3, -0.25) is 9.59 Å². The van der Waals surface area contributed by atoms with Crippen LogP contribution < -0.4 is 5.32 Å². The fourth-order valence-electron chi connectivity index (χ4n) is 4.73. The second-order valence-electron chi connectivity index (χ2n) is 8.56. The topological polar surface area (TPSA) is 95.9 Å². The van der Waals surface area contributed by atoms with Crippen LogP contribution in [0.4, 0.5) is 4.79 Å². The normalized spacial score (nSPS) is 19.4. The molecule has 4 rings (SSSR count). The molecule has 1 aliphatic carbocycles. The number of alkyl carbamates (subject to hydrolysis) is 1. The van der Waals surface area contributed by atoms with Gasteiger partial charge in [0.05, 0.1) is 5.41 Å². The lowest BCUT2D eigenvalue weighted by atomic mass is 9.84. The average Bonchev–Trinajstić information content (AvgIpc) is 3.41. The highest BCUT2D eigenvalue weighted by Crippen LogP contribution is 2.44. The van der Waals surface area contributed by atoms with Gasteiger partial charge in [-0.2, -0.15) is 0 Å². The number of carbonyl (C=O) groups is 3. The molecular weight excluding hydrogens is 420 g/mol. The summed E-state index contributed by atoms with van der Waals surface area (Å²) in [5.74, 6) is -1.12. The predicted octanol–water partition coefficient (Wildman–Crippen LogP) is 3.79. The molecule has 0 bridgehead atoms. The summed E-state index contributed by atoms with van der Waals surface area (Å²) in [6, 6.07) is 16.3. The number of aliphatic carboxylic acids is 1.